The Kier molecular flexibility index (Phi) is 5.73. The minimum atomic E-state index is -1.74. The van der Waals surface area contributed by atoms with Gasteiger partial charge in [0, 0.05) is 5.39 Å². The molecule has 2 heterocycles. The summed E-state index contributed by atoms with van der Waals surface area (Å²) in [5, 5.41) is 22.8. The zero-order valence-electron chi connectivity index (χ0n) is 15.8. The second-order valence-electron chi connectivity index (χ2n) is 7.10. The average molecular weight is 395 g/mol. The Morgan fingerprint density at radius 1 is 1.24 bits per heavy atom. The molecule has 1 aromatic heterocycles. The number of furan rings is 1. The number of hydrogen-bond donors (Lipinski definition) is 3. The molecule has 0 radical (unpaired) electrons. The van der Waals surface area contributed by atoms with Crippen LogP contribution in [0.2, 0.25) is 0 Å². The highest BCUT2D eigenvalue weighted by atomic mass is 16.5. The first-order valence-corrected chi connectivity index (χ1v) is 9.59. The van der Waals surface area contributed by atoms with Crippen LogP contribution in [0.5, 0.6) is 5.75 Å². The number of rotatable bonds is 6. The zero-order valence-corrected chi connectivity index (χ0v) is 15.8. The Morgan fingerprint density at radius 2 is 2.10 bits per heavy atom. The minimum Gasteiger partial charge on any atom is -0.493 e. The maximum Gasteiger partial charge on any atom is 0.475 e. The average Bonchev–Trinajstić information content (AvgIpc) is 3.14. The van der Waals surface area contributed by atoms with Crippen molar-refractivity contribution >= 4 is 24.2 Å². The van der Waals surface area contributed by atoms with E-state index in [1.54, 1.807) is 6.26 Å². The quantitative estimate of drug-likeness (QED) is 0.555. The summed E-state index contributed by atoms with van der Waals surface area (Å²) in [6.07, 6.45) is 3.00. The molecule has 150 valence electrons. The summed E-state index contributed by atoms with van der Waals surface area (Å²) >= 11 is 0. The molecule has 4 rings (SSSR count). The summed E-state index contributed by atoms with van der Waals surface area (Å²) in [6.45, 7) is 0.752. The fourth-order valence-electron chi connectivity index (χ4n) is 3.48. The number of nitrogens with one attached hydrogen (secondary N) is 1. The Morgan fingerprint density at radius 3 is 2.97 bits per heavy atom. The fraction of sp³-hybridized carbons (Fsp3) is 0.286. The van der Waals surface area contributed by atoms with Crippen molar-refractivity contribution < 1.29 is 28.7 Å². The summed E-state index contributed by atoms with van der Waals surface area (Å²) in [4.78, 5) is 12.2. The van der Waals surface area contributed by atoms with Crippen LogP contribution in [0, 0.1) is 0 Å². The molecule has 7 nitrogen and oxygen atoms in total. The molecule has 1 unspecified atom stereocenters. The lowest BCUT2D eigenvalue weighted by Gasteiger charge is -2.19. The molecule has 0 fully saturated rings. The van der Waals surface area contributed by atoms with E-state index in [9.17, 15) is 14.8 Å². The fourth-order valence-corrected chi connectivity index (χ4v) is 3.48. The van der Waals surface area contributed by atoms with E-state index in [0.29, 0.717) is 12.2 Å². The monoisotopic (exact) mass is 395 g/mol. The first kappa shape index (κ1) is 19.4. The number of aryl methyl sites for hydroxylation is 1. The molecular weight excluding hydrogens is 373 g/mol. The molecule has 29 heavy (non-hydrogen) atoms. The molecule has 2 aromatic carbocycles. The SMILES string of the molecule is O=C(NC(Cc1coc2ccccc12)B(O)O)OCc1ccc2c(c1)OCCC2. The topological polar surface area (TPSA) is 101 Å². The van der Waals surface area contributed by atoms with Crippen LogP contribution in [0.1, 0.15) is 23.1 Å². The van der Waals surface area contributed by atoms with Crippen molar-refractivity contribution in [3.8, 4) is 5.75 Å². The molecule has 3 N–H and O–H groups in total. The van der Waals surface area contributed by atoms with Gasteiger partial charge in [0.25, 0.3) is 0 Å². The van der Waals surface area contributed by atoms with Gasteiger partial charge in [-0.05, 0) is 48.1 Å². The van der Waals surface area contributed by atoms with Crippen LogP contribution in [-0.2, 0) is 24.2 Å². The molecule has 1 amide bonds. The van der Waals surface area contributed by atoms with Gasteiger partial charge in [-0.2, -0.15) is 0 Å². The van der Waals surface area contributed by atoms with Crippen molar-refractivity contribution in [2.24, 2.45) is 0 Å². The smallest absolute Gasteiger partial charge is 0.475 e. The standard InChI is InChI=1S/C21H22BNO6/c24-21(29-12-14-7-8-15-4-3-9-27-19(15)10-14)23-20(22(25)26)11-16-13-28-18-6-2-1-5-17(16)18/h1-2,5-8,10,13,20,25-26H,3-4,9,11-12H2,(H,23,24). The van der Waals surface area contributed by atoms with Crippen molar-refractivity contribution in [1.82, 2.24) is 5.32 Å². The van der Waals surface area contributed by atoms with Crippen LogP contribution in [-0.4, -0.2) is 35.8 Å². The number of carbonyl (C=O) groups is 1. The van der Waals surface area contributed by atoms with Crippen molar-refractivity contribution in [2.75, 3.05) is 6.61 Å². The van der Waals surface area contributed by atoms with Gasteiger partial charge >= 0.3 is 13.2 Å². The van der Waals surface area contributed by atoms with Gasteiger partial charge in [-0.1, -0.05) is 30.3 Å². The summed E-state index contributed by atoms with van der Waals surface area (Å²) in [6, 6.07) is 13.2. The number of fused-ring (bicyclic) bond motifs is 2. The van der Waals surface area contributed by atoms with Gasteiger partial charge in [-0.15, -0.1) is 0 Å². The highest BCUT2D eigenvalue weighted by Crippen LogP contribution is 2.26. The van der Waals surface area contributed by atoms with Gasteiger partial charge < -0.3 is 29.3 Å². The molecule has 3 aromatic rings. The normalized spacial score (nSPS) is 14.0. The van der Waals surface area contributed by atoms with Crippen LogP contribution in [0.4, 0.5) is 4.79 Å². The molecule has 0 saturated carbocycles. The van der Waals surface area contributed by atoms with E-state index in [1.807, 2.05) is 42.5 Å². The van der Waals surface area contributed by atoms with Gasteiger partial charge in [0.05, 0.1) is 18.8 Å². The molecule has 0 saturated heterocycles. The van der Waals surface area contributed by atoms with E-state index in [2.05, 4.69) is 5.32 Å². The van der Waals surface area contributed by atoms with E-state index in [1.165, 1.54) is 0 Å². The summed E-state index contributed by atoms with van der Waals surface area (Å²) in [7, 11) is -1.74. The molecule has 1 atom stereocenters. The van der Waals surface area contributed by atoms with Gasteiger partial charge in [0.2, 0.25) is 0 Å². The molecule has 1 aliphatic rings. The number of amides is 1. The predicted octanol–water partition coefficient (Wildman–Crippen LogP) is 2.61. The van der Waals surface area contributed by atoms with E-state index in [-0.39, 0.29) is 13.0 Å². The zero-order chi connectivity index (χ0) is 20.2. The Bertz CT molecular complexity index is 1000. The number of alkyl carbamates (subject to hydrolysis) is 1. The highest BCUT2D eigenvalue weighted by molar-refractivity contribution is 6.43. The van der Waals surface area contributed by atoms with Crippen LogP contribution in [0.15, 0.2) is 53.1 Å². The molecular formula is C21H22BNO6. The maximum absolute atomic E-state index is 12.2. The highest BCUT2D eigenvalue weighted by Gasteiger charge is 2.27. The number of carbonyl (C=O) groups excluding carboxylic acids is 1. The summed E-state index contributed by atoms with van der Waals surface area (Å²) in [5.74, 6) is -0.108. The largest absolute Gasteiger partial charge is 0.493 e. The van der Waals surface area contributed by atoms with Crippen LogP contribution >= 0.6 is 0 Å². The van der Waals surface area contributed by atoms with Crippen LogP contribution in [0.25, 0.3) is 11.0 Å². The van der Waals surface area contributed by atoms with Crippen molar-refractivity contribution in [3.63, 3.8) is 0 Å². The second-order valence-corrected chi connectivity index (χ2v) is 7.10. The third-order valence-corrected chi connectivity index (χ3v) is 5.01. The van der Waals surface area contributed by atoms with Crippen LogP contribution < -0.4 is 10.1 Å². The van der Waals surface area contributed by atoms with E-state index >= 15 is 0 Å². The predicted molar refractivity (Wildman–Crippen MR) is 107 cm³/mol. The first-order valence-electron chi connectivity index (χ1n) is 9.59. The van der Waals surface area contributed by atoms with Crippen LogP contribution in [0.3, 0.4) is 0 Å². The second kappa shape index (κ2) is 8.59. The van der Waals surface area contributed by atoms with E-state index in [4.69, 9.17) is 13.9 Å². The molecule has 0 bridgehead atoms. The van der Waals surface area contributed by atoms with Gasteiger partial charge in [-0.3, -0.25) is 0 Å². The Balaban J connectivity index is 1.36. The number of ether oxygens (including phenoxy) is 2. The van der Waals surface area contributed by atoms with Crippen molar-refractivity contribution in [2.45, 2.75) is 31.8 Å². The third kappa shape index (κ3) is 4.55. The Hall–Kier alpha value is -2.97. The maximum atomic E-state index is 12.2. The van der Waals surface area contributed by atoms with Crippen molar-refractivity contribution in [3.05, 3.63) is 65.4 Å². The summed E-state index contributed by atoms with van der Waals surface area (Å²) < 4.78 is 16.4. The van der Waals surface area contributed by atoms with Crippen molar-refractivity contribution in [1.29, 1.82) is 0 Å². The lowest BCUT2D eigenvalue weighted by molar-refractivity contribution is 0.136. The minimum absolute atomic E-state index is 0.0609. The number of hydrogen-bond acceptors (Lipinski definition) is 6. The third-order valence-electron chi connectivity index (χ3n) is 5.01. The first-order chi connectivity index (χ1) is 14.1. The van der Waals surface area contributed by atoms with E-state index in [0.717, 1.165) is 40.7 Å². The molecule has 0 spiro atoms. The summed E-state index contributed by atoms with van der Waals surface area (Å²) in [5.41, 5.74) is 3.43. The Labute approximate surface area is 168 Å². The molecule has 8 heteroatoms. The lowest BCUT2D eigenvalue weighted by atomic mass is 9.76. The number of para-hydroxylation sites is 1. The molecule has 0 aliphatic carbocycles. The van der Waals surface area contributed by atoms with Gasteiger partial charge in [0.15, 0.2) is 0 Å². The lowest BCUT2D eigenvalue weighted by Crippen LogP contribution is -2.48. The van der Waals surface area contributed by atoms with Gasteiger partial charge in [-0.25, -0.2) is 4.79 Å². The number of benzene rings is 2. The molecule has 1 aliphatic heterocycles. The van der Waals surface area contributed by atoms with E-state index < -0.39 is 19.2 Å². The van der Waals surface area contributed by atoms with Gasteiger partial charge in [0.1, 0.15) is 17.9 Å².